The van der Waals surface area contributed by atoms with Gasteiger partial charge in [0.2, 0.25) is 0 Å². The maximum atomic E-state index is 14.5. The van der Waals surface area contributed by atoms with Gasteiger partial charge in [0, 0.05) is 44.5 Å². The van der Waals surface area contributed by atoms with E-state index in [-0.39, 0.29) is 17.3 Å². The number of nitrogens with zero attached hydrogens (tertiary/aromatic N) is 8. The molecule has 6 heterocycles. The minimum absolute atomic E-state index is 0.0892. The summed E-state index contributed by atoms with van der Waals surface area (Å²) in [4.78, 5) is 24.4. The van der Waals surface area contributed by atoms with Crippen LogP contribution in [0.25, 0.3) is 11.3 Å². The van der Waals surface area contributed by atoms with Crippen molar-refractivity contribution in [2.24, 2.45) is 23.2 Å². The Morgan fingerprint density at radius 2 is 1.90 bits per heavy atom. The van der Waals surface area contributed by atoms with Gasteiger partial charge < -0.3 is 15.5 Å². The van der Waals surface area contributed by atoms with E-state index in [1.54, 1.807) is 16.8 Å². The van der Waals surface area contributed by atoms with Crippen LogP contribution in [-0.2, 0) is 26.4 Å². The van der Waals surface area contributed by atoms with Gasteiger partial charge in [0.15, 0.2) is 5.84 Å². The fraction of sp³-hybridized carbons (Fsp3) is 0.387. The van der Waals surface area contributed by atoms with Crippen molar-refractivity contribution in [1.29, 1.82) is 0 Å². The molecule has 0 radical (unpaired) electrons. The quantitative estimate of drug-likeness (QED) is 0.404. The number of aromatic nitrogens is 5. The number of nitrogens with two attached hydrogens (primary N) is 1. The Labute approximate surface area is 238 Å². The maximum Gasteiger partial charge on any atom is 0.156 e. The van der Waals surface area contributed by atoms with Gasteiger partial charge in [-0.15, -0.1) is 0 Å². The summed E-state index contributed by atoms with van der Waals surface area (Å²) in [5.74, 6) is 1.64. The molecule has 4 aromatic rings. The van der Waals surface area contributed by atoms with Gasteiger partial charge in [0.25, 0.3) is 0 Å². The first-order valence-electron chi connectivity index (χ1n) is 14.4. The zero-order chi connectivity index (χ0) is 27.7. The standard InChI is InChI=1S/C31H32FN9/c1-39-18-19(15-36-39)23-7-8-26-24(37-23)6-3-11-41(26)30-28-25(16-35-30)38-27(17-34-28)40-12-9-31(10-13-40)14-21-20(29(31)33)4-2-5-22(21)32/h2,4-5,7-8,15,17-18,29H,3,6,9-14,16,33H2,1H3/t29-/m1/s1. The number of halogens is 1. The lowest BCUT2D eigenvalue weighted by Gasteiger charge is -2.42. The van der Waals surface area contributed by atoms with Crippen LogP contribution >= 0.6 is 0 Å². The predicted octanol–water partition coefficient (Wildman–Crippen LogP) is 3.97. The number of amidine groups is 1. The monoisotopic (exact) mass is 549 g/mol. The van der Waals surface area contributed by atoms with Crippen molar-refractivity contribution in [3.8, 4) is 11.3 Å². The Morgan fingerprint density at radius 3 is 2.71 bits per heavy atom. The van der Waals surface area contributed by atoms with Gasteiger partial charge in [-0.05, 0) is 66.8 Å². The summed E-state index contributed by atoms with van der Waals surface area (Å²) in [7, 11) is 1.92. The Kier molecular flexibility index (Phi) is 5.50. The van der Waals surface area contributed by atoms with Crippen LogP contribution < -0.4 is 15.5 Å². The molecular formula is C31H32FN9. The number of fused-ring (bicyclic) bond motifs is 3. The Morgan fingerprint density at radius 1 is 1.02 bits per heavy atom. The molecule has 2 N–H and O–H groups in total. The average molecular weight is 550 g/mol. The van der Waals surface area contributed by atoms with Crippen LogP contribution in [0.15, 0.2) is 53.9 Å². The molecular weight excluding hydrogens is 517 g/mol. The second kappa shape index (κ2) is 9.17. The van der Waals surface area contributed by atoms with E-state index in [0.29, 0.717) is 13.0 Å². The molecule has 1 spiro atoms. The molecule has 4 aliphatic rings. The normalized spacial score (nSPS) is 20.7. The van der Waals surface area contributed by atoms with Crippen molar-refractivity contribution in [3.63, 3.8) is 0 Å². The van der Waals surface area contributed by atoms with E-state index >= 15 is 0 Å². The smallest absolute Gasteiger partial charge is 0.156 e. The molecule has 0 unspecified atom stereocenters. The highest BCUT2D eigenvalue weighted by Crippen LogP contribution is 2.51. The SMILES string of the molecule is Cn1cc(-c2ccc3c(n2)CCCN3C2=NCc3nc(N4CCC5(CC4)Cc4c(F)cccc4[C@H]5N)cnc32)cn1. The number of anilines is 2. The van der Waals surface area contributed by atoms with E-state index in [0.717, 1.165) is 102 Å². The van der Waals surface area contributed by atoms with Gasteiger partial charge in [-0.1, -0.05) is 12.1 Å². The number of hydrogen-bond donors (Lipinski definition) is 1. The zero-order valence-electron chi connectivity index (χ0n) is 23.1. The minimum atomic E-state index is -0.126. The highest BCUT2D eigenvalue weighted by atomic mass is 19.1. The van der Waals surface area contributed by atoms with E-state index in [2.05, 4.69) is 27.0 Å². The molecule has 1 fully saturated rings. The topological polar surface area (TPSA) is 101 Å². The molecule has 1 aromatic carbocycles. The molecule has 0 saturated carbocycles. The second-order valence-corrected chi connectivity index (χ2v) is 11.8. The summed E-state index contributed by atoms with van der Waals surface area (Å²) >= 11 is 0. The van der Waals surface area contributed by atoms with E-state index in [4.69, 9.17) is 25.7 Å². The maximum absolute atomic E-state index is 14.5. The van der Waals surface area contributed by atoms with Crippen molar-refractivity contribution >= 4 is 17.3 Å². The van der Waals surface area contributed by atoms with Gasteiger partial charge in [-0.25, -0.2) is 14.4 Å². The van der Waals surface area contributed by atoms with E-state index in [9.17, 15) is 4.39 Å². The van der Waals surface area contributed by atoms with E-state index in [1.165, 1.54) is 0 Å². The lowest BCUT2D eigenvalue weighted by Crippen LogP contribution is -2.44. The van der Waals surface area contributed by atoms with Crippen molar-refractivity contribution in [3.05, 3.63) is 82.9 Å². The Hall–Kier alpha value is -4.18. The van der Waals surface area contributed by atoms with E-state index < -0.39 is 0 Å². The average Bonchev–Trinajstić information content (AvgIpc) is 3.70. The number of pyridine rings is 1. The summed E-state index contributed by atoms with van der Waals surface area (Å²) in [6, 6.07) is 9.40. The van der Waals surface area contributed by atoms with Gasteiger partial charge in [0.1, 0.15) is 17.3 Å². The van der Waals surface area contributed by atoms with Crippen molar-refractivity contribution in [2.75, 3.05) is 29.4 Å². The van der Waals surface area contributed by atoms with Gasteiger partial charge in [-0.2, -0.15) is 5.10 Å². The highest BCUT2D eigenvalue weighted by Gasteiger charge is 2.47. The minimum Gasteiger partial charge on any atom is -0.355 e. The molecule has 1 atom stereocenters. The van der Waals surface area contributed by atoms with Gasteiger partial charge in [-0.3, -0.25) is 14.7 Å². The first kappa shape index (κ1) is 24.6. The van der Waals surface area contributed by atoms with Crippen molar-refractivity contribution in [2.45, 2.75) is 44.7 Å². The summed E-state index contributed by atoms with van der Waals surface area (Å²) in [5, 5.41) is 4.29. The largest absolute Gasteiger partial charge is 0.355 e. The third kappa shape index (κ3) is 3.88. The number of aryl methyl sites for hydroxylation is 2. The fourth-order valence-corrected chi connectivity index (χ4v) is 7.20. The van der Waals surface area contributed by atoms with Crippen LogP contribution in [0.2, 0.25) is 0 Å². The highest BCUT2D eigenvalue weighted by molar-refractivity contribution is 6.11. The van der Waals surface area contributed by atoms with E-state index in [1.807, 2.05) is 31.7 Å². The molecule has 9 nitrogen and oxygen atoms in total. The summed E-state index contributed by atoms with van der Waals surface area (Å²) in [6.07, 6.45) is 10.2. The molecule has 1 aliphatic carbocycles. The van der Waals surface area contributed by atoms with Gasteiger partial charge >= 0.3 is 0 Å². The molecule has 0 amide bonds. The summed E-state index contributed by atoms with van der Waals surface area (Å²) < 4.78 is 16.3. The van der Waals surface area contributed by atoms with Crippen molar-refractivity contribution < 1.29 is 4.39 Å². The predicted molar refractivity (Wildman–Crippen MR) is 155 cm³/mol. The number of benzene rings is 1. The lowest BCUT2D eigenvalue weighted by atomic mass is 9.73. The Bertz CT molecular complexity index is 1700. The lowest BCUT2D eigenvalue weighted by molar-refractivity contribution is 0.186. The van der Waals surface area contributed by atoms with Crippen LogP contribution in [0, 0.1) is 11.2 Å². The fourth-order valence-electron chi connectivity index (χ4n) is 7.20. The number of hydrogen-bond acceptors (Lipinski definition) is 8. The molecule has 8 rings (SSSR count). The molecule has 0 bridgehead atoms. The Balaban J connectivity index is 1.00. The third-order valence-electron chi connectivity index (χ3n) is 9.48. The van der Waals surface area contributed by atoms with Crippen LogP contribution in [-0.4, -0.2) is 50.2 Å². The molecule has 10 heteroatoms. The molecule has 41 heavy (non-hydrogen) atoms. The zero-order valence-corrected chi connectivity index (χ0v) is 23.1. The number of aliphatic imine (C=N–C) groups is 1. The molecule has 208 valence electrons. The first-order chi connectivity index (χ1) is 20.0. The van der Waals surface area contributed by atoms with Crippen LogP contribution in [0.4, 0.5) is 15.9 Å². The molecule has 3 aromatic heterocycles. The number of rotatable bonds is 2. The van der Waals surface area contributed by atoms with Crippen LogP contribution in [0.5, 0.6) is 0 Å². The van der Waals surface area contributed by atoms with Crippen LogP contribution in [0.1, 0.15) is 53.5 Å². The second-order valence-electron chi connectivity index (χ2n) is 11.8. The molecule has 3 aliphatic heterocycles. The first-order valence-corrected chi connectivity index (χ1v) is 14.4. The number of piperidine rings is 1. The summed E-state index contributed by atoms with van der Waals surface area (Å²) in [6.45, 7) is 3.06. The third-order valence-corrected chi connectivity index (χ3v) is 9.48. The summed E-state index contributed by atoms with van der Waals surface area (Å²) in [5.41, 5.74) is 14.3. The van der Waals surface area contributed by atoms with Gasteiger partial charge in [0.05, 0.1) is 41.7 Å². The van der Waals surface area contributed by atoms with Crippen LogP contribution in [0.3, 0.4) is 0 Å². The van der Waals surface area contributed by atoms with Crippen molar-refractivity contribution in [1.82, 2.24) is 24.7 Å². The molecule has 1 saturated heterocycles.